The quantitative estimate of drug-likeness (QED) is 0.266. The molecule has 2 rings (SSSR count). The Kier molecular flexibility index (Phi) is 5.49. The first kappa shape index (κ1) is 18.0. The summed E-state index contributed by atoms with van der Waals surface area (Å²) in [7, 11) is -1.46. The third-order valence-electron chi connectivity index (χ3n) is 3.95. The highest BCUT2D eigenvalue weighted by atomic mass is 79.9. The lowest BCUT2D eigenvalue weighted by molar-refractivity contribution is 0.103. The SMILES string of the molecule is CC1=C(C)CC(C(=O)c2ccc(Br)cc2)=C(C#C[Si](C)(C)C)C1. The first-order valence-corrected chi connectivity index (χ1v) is 12.2. The van der Waals surface area contributed by atoms with Crippen LogP contribution in [-0.2, 0) is 0 Å². The molecule has 0 N–H and O–H groups in total. The normalized spacial score (nSPS) is 15.4. The van der Waals surface area contributed by atoms with Gasteiger partial charge in [-0.15, -0.1) is 5.54 Å². The number of carbonyl (C=O) groups excluding carboxylic acids is 1. The molecule has 0 atom stereocenters. The Hall–Kier alpha value is -1.37. The standard InChI is InChI=1S/C20H23BrOSi/c1-14-12-17(10-11-23(3,4)5)19(13-15(14)2)20(22)16-6-8-18(21)9-7-16/h6-9H,12-13H2,1-5H3. The summed E-state index contributed by atoms with van der Waals surface area (Å²) in [5, 5.41) is 0. The van der Waals surface area contributed by atoms with Gasteiger partial charge in [0.2, 0.25) is 0 Å². The molecule has 1 aliphatic carbocycles. The Balaban J connectivity index is 2.45. The fourth-order valence-corrected chi connectivity index (χ4v) is 3.21. The highest BCUT2D eigenvalue weighted by molar-refractivity contribution is 9.10. The van der Waals surface area contributed by atoms with E-state index in [0.29, 0.717) is 0 Å². The Morgan fingerprint density at radius 2 is 1.61 bits per heavy atom. The van der Waals surface area contributed by atoms with E-state index in [1.54, 1.807) is 0 Å². The van der Waals surface area contributed by atoms with E-state index in [2.05, 4.69) is 60.9 Å². The van der Waals surface area contributed by atoms with Gasteiger partial charge in [-0.05, 0) is 44.5 Å². The molecule has 0 saturated heterocycles. The Morgan fingerprint density at radius 3 is 2.17 bits per heavy atom. The number of ketones is 1. The maximum atomic E-state index is 12.9. The molecule has 1 nitrogen and oxygen atoms in total. The largest absolute Gasteiger partial charge is 0.289 e. The lowest BCUT2D eigenvalue weighted by atomic mass is 9.84. The first-order chi connectivity index (χ1) is 10.7. The number of halogens is 1. The molecule has 120 valence electrons. The van der Waals surface area contributed by atoms with Crippen molar-refractivity contribution in [3.63, 3.8) is 0 Å². The minimum Gasteiger partial charge on any atom is -0.289 e. The summed E-state index contributed by atoms with van der Waals surface area (Å²) in [6, 6.07) is 7.59. The van der Waals surface area contributed by atoms with Crippen molar-refractivity contribution in [2.45, 2.75) is 46.3 Å². The minimum absolute atomic E-state index is 0.115. The lowest BCUT2D eigenvalue weighted by Gasteiger charge is -2.20. The van der Waals surface area contributed by atoms with E-state index in [-0.39, 0.29) is 5.78 Å². The van der Waals surface area contributed by atoms with E-state index in [1.807, 2.05) is 24.3 Å². The van der Waals surface area contributed by atoms with Gasteiger partial charge in [0.15, 0.2) is 5.78 Å². The summed E-state index contributed by atoms with van der Waals surface area (Å²) in [5.41, 5.74) is 8.69. The molecule has 0 heterocycles. The molecule has 0 aliphatic heterocycles. The van der Waals surface area contributed by atoms with Gasteiger partial charge in [0.05, 0.1) is 0 Å². The van der Waals surface area contributed by atoms with Crippen LogP contribution >= 0.6 is 15.9 Å². The monoisotopic (exact) mass is 386 g/mol. The van der Waals surface area contributed by atoms with Crippen LogP contribution in [0, 0.1) is 11.5 Å². The zero-order valence-electron chi connectivity index (χ0n) is 14.5. The van der Waals surface area contributed by atoms with Crippen molar-refractivity contribution >= 4 is 29.8 Å². The van der Waals surface area contributed by atoms with Crippen LogP contribution < -0.4 is 0 Å². The molecule has 0 radical (unpaired) electrons. The summed E-state index contributed by atoms with van der Waals surface area (Å²) in [4.78, 5) is 12.9. The number of Topliss-reactive ketones (excluding diaryl/α,β-unsaturated/α-hetero) is 1. The fourth-order valence-electron chi connectivity index (χ4n) is 2.42. The molecule has 0 unspecified atom stereocenters. The molecule has 0 aromatic heterocycles. The van der Waals surface area contributed by atoms with Gasteiger partial charge in [0, 0.05) is 27.6 Å². The maximum Gasteiger partial charge on any atom is 0.190 e. The topological polar surface area (TPSA) is 17.1 Å². The zero-order valence-corrected chi connectivity index (χ0v) is 17.1. The number of allylic oxidation sites excluding steroid dienone is 4. The van der Waals surface area contributed by atoms with E-state index < -0.39 is 8.07 Å². The van der Waals surface area contributed by atoms with Crippen molar-refractivity contribution in [2.75, 3.05) is 0 Å². The number of hydrogen-bond donors (Lipinski definition) is 0. The molecule has 0 spiro atoms. The lowest BCUT2D eigenvalue weighted by Crippen LogP contribution is -2.17. The third-order valence-corrected chi connectivity index (χ3v) is 5.35. The van der Waals surface area contributed by atoms with Crippen LogP contribution in [0.25, 0.3) is 0 Å². The van der Waals surface area contributed by atoms with Gasteiger partial charge in [-0.2, -0.15) is 0 Å². The van der Waals surface area contributed by atoms with E-state index in [0.717, 1.165) is 34.0 Å². The van der Waals surface area contributed by atoms with E-state index in [9.17, 15) is 4.79 Å². The Bertz CT molecular complexity index is 750. The Morgan fingerprint density at radius 1 is 1.04 bits per heavy atom. The number of hydrogen-bond acceptors (Lipinski definition) is 1. The summed E-state index contributed by atoms with van der Waals surface area (Å²) in [5.74, 6) is 3.47. The second kappa shape index (κ2) is 7.03. The highest BCUT2D eigenvalue weighted by Gasteiger charge is 2.22. The van der Waals surface area contributed by atoms with Gasteiger partial charge in [0.1, 0.15) is 8.07 Å². The van der Waals surface area contributed by atoms with Crippen molar-refractivity contribution in [2.24, 2.45) is 0 Å². The molecular formula is C20H23BrOSi. The summed E-state index contributed by atoms with van der Waals surface area (Å²) in [6.07, 6.45) is 1.53. The first-order valence-electron chi connectivity index (χ1n) is 7.88. The van der Waals surface area contributed by atoms with Gasteiger partial charge in [-0.3, -0.25) is 4.79 Å². The average Bonchev–Trinajstić information content (AvgIpc) is 2.47. The van der Waals surface area contributed by atoms with Crippen molar-refractivity contribution in [1.29, 1.82) is 0 Å². The average molecular weight is 387 g/mol. The van der Waals surface area contributed by atoms with Crippen LogP contribution in [0.5, 0.6) is 0 Å². The highest BCUT2D eigenvalue weighted by Crippen LogP contribution is 2.31. The van der Waals surface area contributed by atoms with Gasteiger partial charge in [-0.1, -0.05) is 52.6 Å². The van der Waals surface area contributed by atoms with Crippen LogP contribution in [0.1, 0.15) is 37.0 Å². The van der Waals surface area contributed by atoms with E-state index in [4.69, 9.17) is 0 Å². The molecule has 3 heteroatoms. The molecule has 1 aromatic rings. The summed E-state index contributed by atoms with van der Waals surface area (Å²) in [6.45, 7) is 11.0. The van der Waals surface area contributed by atoms with Crippen LogP contribution in [0.4, 0.5) is 0 Å². The Labute approximate surface area is 149 Å². The van der Waals surface area contributed by atoms with Crippen molar-refractivity contribution in [3.05, 3.63) is 56.6 Å². The van der Waals surface area contributed by atoms with Crippen LogP contribution in [0.2, 0.25) is 19.6 Å². The van der Waals surface area contributed by atoms with Gasteiger partial charge >= 0.3 is 0 Å². The van der Waals surface area contributed by atoms with Gasteiger partial charge < -0.3 is 0 Å². The number of rotatable bonds is 2. The van der Waals surface area contributed by atoms with E-state index in [1.165, 1.54) is 11.1 Å². The van der Waals surface area contributed by atoms with Crippen LogP contribution in [0.3, 0.4) is 0 Å². The molecule has 0 bridgehead atoms. The minimum atomic E-state index is -1.46. The molecule has 1 aromatic carbocycles. The smallest absolute Gasteiger partial charge is 0.190 e. The predicted molar refractivity (Wildman–Crippen MR) is 104 cm³/mol. The molecular weight excluding hydrogens is 364 g/mol. The predicted octanol–water partition coefficient (Wildman–Crippen LogP) is 5.94. The number of benzene rings is 1. The second-order valence-electron chi connectivity index (χ2n) is 7.21. The van der Waals surface area contributed by atoms with Gasteiger partial charge in [-0.25, -0.2) is 0 Å². The van der Waals surface area contributed by atoms with Gasteiger partial charge in [0.25, 0.3) is 0 Å². The molecule has 23 heavy (non-hydrogen) atoms. The molecule has 0 fully saturated rings. The third kappa shape index (κ3) is 4.80. The van der Waals surface area contributed by atoms with Crippen molar-refractivity contribution in [1.82, 2.24) is 0 Å². The summed E-state index contributed by atoms with van der Waals surface area (Å²) < 4.78 is 0.984. The fraction of sp³-hybridized carbons (Fsp3) is 0.350. The van der Waals surface area contributed by atoms with Crippen LogP contribution in [0.15, 0.2) is 51.0 Å². The molecule has 0 saturated carbocycles. The van der Waals surface area contributed by atoms with E-state index >= 15 is 0 Å². The maximum absolute atomic E-state index is 12.9. The summed E-state index contributed by atoms with van der Waals surface area (Å²) >= 11 is 3.42. The molecule has 1 aliphatic rings. The number of carbonyl (C=O) groups is 1. The second-order valence-corrected chi connectivity index (χ2v) is 12.9. The van der Waals surface area contributed by atoms with Crippen molar-refractivity contribution < 1.29 is 4.79 Å². The van der Waals surface area contributed by atoms with Crippen molar-refractivity contribution in [3.8, 4) is 11.5 Å². The van der Waals surface area contributed by atoms with Crippen LogP contribution in [-0.4, -0.2) is 13.9 Å². The molecule has 0 amide bonds. The zero-order chi connectivity index (χ0) is 17.2.